The maximum atomic E-state index is 12.6. The fourth-order valence-corrected chi connectivity index (χ4v) is 4.23. The van der Waals surface area contributed by atoms with E-state index in [4.69, 9.17) is 4.42 Å². The van der Waals surface area contributed by atoms with E-state index in [2.05, 4.69) is 10.3 Å². The first kappa shape index (κ1) is 14.3. The summed E-state index contributed by atoms with van der Waals surface area (Å²) in [5, 5.41) is 2.85. The third-order valence-corrected chi connectivity index (χ3v) is 5.35. The van der Waals surface area contributed by atoms with Gasteiger partial charge < -0.3 is 9.73 Å². The van der Waals surface area contributed by atoms with Crippen LogP contribution in [0.2, 0.25) is 0 Å². The number of nitrogens with one attached hydrogen (secondary N) is 1. The number of urea groups is 1. The number of carbonyl (C=O) groups excluding carboxylic acids is 2. The lowest BCUT2D eigenvalue weighted by molar-refractivity contribution is -0.130. The van der Waals surface area contributed by atoms with Crippen molar-refractivity contribution in [3.63, 3.8) is 0 Å². The summed E-state index contributed by atoms with van der Waals surface area (Å²) in [7, 11) is 0. The van der Waals surface area contributed by atoms with Crippen LogP contribution in [-0.2, 0) is 11.3 Å². The zero-order chi connectivity index (χ0) is 15.9. The number of aromatic nitrogens is 1. The molecule has 0 aliphatic carbocycles. The molecule has 0 saturated carbocycles. The predicted octanol–water partition coefficient (Wildman–Crippen LogP) is 2.27. The molecule has 2 saturated heterocycles. The quantitative estimate of drug-likeness (QED) is 0.874. The van der Waals surface area contributed by atoms with Gasteiger partial charge in [-0.05, 0) is 24.3 Å². The van der Waals surface area contributed by atoms with Crippen LogP contribution in [0, 0.1) is 0 Å². The first-order chi connectivity index (χ1) is 11.2. The highest BCUT2D eigenvalue weighted by Gasteiger charge is 2.52. The largest absolute Gasteiger partial charge is 0.444 e. The molecule has 0 unspecified atom stereocenters. The number of hydrogen-bond donors (Lipinski definition) is 1. The van der Waals surface area contributed by atoms with E-state index < -0.39 is 5.54 Å². The zero-order valence-corrected chi connectivity index (χ0v) is 13.1. The highest BCUT2D eigenvalue weighted by atomic mass is 32.2. The highest BCUT2D eigenvalue weighted by molar-refractivity contribution is 7.99. The Morgan fingerprint density at radius 2 is 2.13 bits per heavy atom. The summed E-state index contributed by atoms with van der Waals surface area (Å²) in [6.07, 6.45) is 2.18. The summed E-state index contributed by atoms with van der Waals surface area (Å²) in [5.41, 5.74) is 0.711. The van der Waals surface area contributed by atoms with Crippen molar-refractivity contribution in [1.29, 1.82) is 0 Å². The number of carbonyl (C=O) groups is 2. The van der Waals surface area contributed by atoms with Crippen LogP contribution in [0.15, 0.2) is 41.0 Å². The number of oxazole rings is 1. The molecule has 2 aliphatic heterocycles. The van der Waals surface area contributed by atoms with Crippen LogP contribution in [0.4, 0.5) is 4.79 Å². The van der Waals surface area contributed by atoms with E-state index >= 15 is 0 Å². The van der Waals surface area contributed by atoms with Gasteiger partial charge >= 0.3 is 6.03 Å². The Kier molecular flexibility index (Phi) is 3.37. The fraction of sp³-hybridized carbons (Fsp3) is 0.312. The van der Waals surface area contributed by atoms with E-state index in [-0.39, 0.29) is 18.5 Å². The third kappa shape index (κ3) is 2.41. The fourth-order valence-electron chi connectivity index (χ4n) is 2.91. The molecule has 23 heavy (non-hydrogen) atoms. The molecule has 1 atom stereocenters. The molecule has 2 aromatic rings. The van der Waals surface area contributed by atoms with Crippen LogP contribution in [0.25, 0.3) is 11.5 Å². The maximum Gasteiger partial charge on any atom is 0.325 e. The molecule has 3 amide bonds. The summed E-state index contributed by atoms with van der Waals surface area (Å²) in [4.78, 5) is 30.4. The van der Waals surface area contributed by atoms with Gasteiger partial charge in [0.05, 0.1) is 12.2 Å². The summed E-state index contributed by atoms with van der Waals surface area (Å²) in [5.74, 6) is 1.86. The number of hydrogen-bond acceptors (Lipinski definition) is 5. The summed E-state index contributed by atoms with van der Waals surface area (Å²) in [6.45, 7) is 0.132. The molecule has 6 nitrogen and oxygen atoms in total. The van der Waals surface area contributed by atoms with Crippen LogP contribution < -0.4 is 5.32 Å². The molecule has 3 heterocycles. The van der Waals surface area contributed by atoms with Gasteiger partial charge in [-0.1, -0.05) is 18.2 Å². The van der Waals surface area contributed by atoms with Gasteiger partial charge in [0, 0.05) is 11.3 Å². The van der Waals surface area contributed by atoms with E-state index in [1.807, 2.05) is 30.3 Å². The minimum atomic E-state index is -0.715. The van der Waals surface area contributed by atoms with Crippen LogP contribution in [-0.4, -0.2) is 38.9 Å². The summed E-state index contributed by atoms with van der Waals surface area (Å²) >= 11 is 1.69. The van der Waals surface area contributed by atoms with Crippen molar-refractivity contribution in [3.8, 4) is 11.5 Å². The van der Waals surface area contributed by atoms with Gasteiger partial charge in [-0.3, -0.25) is 9.69 Å². The molecule has 1 spiro atoms. The minimum absolute atomic E-state index is 0.132. The minimum Gasteiger partial charge on any atom is -0.444 e. The van der Waals surface area contributed by atoms with E-state index in [9.17, 15) is 9.59 Å². The van der Waals surface area contributed by atoms with Crippen molar-refractivity contribution in [2.75, 3.05) is 11.5 Å². The molecule has 2 fully saturated rings. The molecular weight excluding hydrogens is 314 g/mol. The molecule has 7 heteroatoms. The molecule has 4 rings (SSSR count). The van der Waals surface area contributed by atoms with Gasteiger partial charge in [-0.2, -0.15) is 11.8 Å². The summed E-state index contributed by atoms with van der Waals surface area (Å²) in [6, 6.07) is 9.17. The second-order valence-electron chi connectivity index (χ2n) is 5.72. The van der Waals surface area contributed by atoms with E-state index in [0.717, 1.165) is 11.3 Å². The Morgan fingerprint density at radius 1 is 1.30 bits per heavy atom. The predicted molar refractivity (Wildman–Crippen MR) is 85.7 cm³/mol. The summed E-state index contributed by atoms with van der Waals surface area (Å²) < 4.78 is 5.46. The Hall–Kier alpha value is -2.28. The van der Waals surface area contributed by atoms with Gasteiger partial charge in [0.25, 0.3) is 5.91 Å². The Morgan fingerprint density at radius 3 is 2.87 bits per heavy atom. The third-order valence-electron chi connectivity index (χ3n) is 4.16. The lowest BCUT2D eigenvalue weighted by atomic mass is 9.99. The van der Waals surface area contributed by atoms with Gasteiger partial charge in [0.2, 0.25) is 5.89 Å². The number of thioether (sulfide) groups is 1. The highest BCUT2D eigenvalue weighted by Crippen LogP contribution is 2.34. The van der Waals surface area contributed by atoms with Crippen LogP contribution in [0.1, 0.15) is 12.1 Å². The second kappa shape index (κ2) is 5.42. The first-order valence-electron chi connectivity index (χ1n) is 7.40. The second-order valence-corrected chi connectivity index (χ2v) is 6.82. The van der Waals surface area contributed by atoms with Crippen LogP contribution >= 0.6 is 11.8 Å². The van der Waals surface area contributed by atoms with Crippen molar-refractivity contribution in [2.24, 2.45) is 0 Å². The Bertz CT molecular complexity index is 753. The molecular formula is C16H15N3O3S. The number of rotatable bonds is 3. The number of nitrogens with zero attached hydrogens (tertiary/aromatic N) is 2. The average Bonchev–Trinajstić information content (AvgIpc) is 3.27. The molecule has 118 valence electrons. The maximum absolute atomic E-state index is 12.6. The molecule has 0 bridgehead atoms. The van der Waals surface area contributed by atoms with E-state index in [1.54, 1.807) is 11.8 Å². The number of imide groups is 1. The number of amides is 3. The monoisotopic (exact) mass is 329 g/mol. The lowest BCUT2D eigenvalue weighted by Crippen LogP contribution is -2.46. The average molecular weight is 329 g/mol. The SMILES string of the molecule is O=C1N[C@@]2(CCSC2)C(=O)N1Cc1coc(-c2ccccc2)n1. The lowest BCUT2D eigenvalue weighted by Gasteiger charge is -2.18. The number of benzene rings is 1. The smallest absolute Gasteiger partial charge is 0.325 e. The topological polar surface area (TPSA) is 75.4 Å². The Labute approximate surface area is 137 Å². The van der Waals surface area contributed by atoms with Crippen molar-refractivity contribution in [2.45, 2.75) is 18.5 Å². The molecule has 0 radical (unpaired) electrons. The normalized spacial score (nSPS) is 23.7. The van der Waals surface area contributed by atoms with Crippen LogP contribution in [0.3, 0.4) is 0 Å². The van der Waals surface area contributed by atoms with Crippen molar-refractivity contribution < 1.29 is 14.0 Å². The van der Waals surface area contributed by atoms with Crippen molar-refractivity contribution in [3.05, 3.63) is 42.3 Å². The zero-order valence-electron chi connectivity index (χ0n) is 12.3. The van der Waals surface area contributed by atoms with Gasteiger partial charge in [0.15, 0.2) is 0 Å². The van der Waals surface area contributed by atoms with Crippen LogP contribution in [0.5, 0.6) is 0 Å². The standard InChI is InChI=1S/C16H15N3O3S/c20-14-16(6-7-23-10-16)18-15(21)19(14)8-12-9-22-13(17-12)11-4-2-1-3-5-11/h1-5,9H,6-8,10H2,(H,18,21)/t16-/m1/s1. The van der Waals surface area contributed by atoms with Crippen molar-refractivity contribution in [1.82, 2.24) is 15.2 Å². The van der Waals surface area contributed by atoms with Gasteiger partial charge in [-0.25, -0.2) is 9.78 Å². The Balaban J connectivity index is 1.54. The molecule has 1 aromatic carbocycles. The van der Waals surface area contributed by atoms with Gasteiger partial charge in [-0.15, -0.1) is 0 Å². The van der Waals surface area contributed by atoms with Crippen molar-refractivity contribution >= 4 is 23.7 Å². The molecule has 2 aliphatic rings. The van der Waals surface area contributed by atoms with E-state index in [1.165, 1.54) is 11.2 Å². The molecule has 1 aromatic heterocycles. The molecule has 1 N–H and O–H groups in total. The van der Waals surface area contributed by atoms with Gasteiger partial charge in [0.1, 0.15) is 11.8 Å². The van der Waals surface area contributed by atoms with E-state index in [0.29, 0.717) is 23.8 Å². The first-order valence-corrected chi connectivity index (χ1v) is 8.55.